The minimum absolute atomic E-state index is 0.178. The minimum Gasteiger partial charge on any atom is -0.224 e. The highest BCUT2D eigenvalue weighted by molar-refractivity contribution is 7.05. The SMILES string of the molecule is CCCc1nsc(C(C)C(Cl)CC)n1. The molecule has 0 bridgehead atoms. The van der Waals surface area contributed by atoms with Gasteiger partial charge in [0.05, 0.1) is 0 Å². The van der Waals surface area contributed by atoms with Crippen LogP contribution in [0.5, 0.6) is 0 Å². The van der Waals surface area contributed by atoms with Crippen LogP contribution in [0.2, 0.25) is 0 Å². The third-order valence-corrected chi connectivity index (χ3v) is 3.92. The van der Waals surface area contributed by atoms with E-state index in [0.29, 0.717) is 5.92 Å². The molecule has 80 valence electrons. The molecule has 1 heterocycles. The first-order chi connectivity index (χ1) is 6.69. The van der Waals surface area contributed by atoms with Gasteiger partial charge in [0.25, 0.3) is 0 Å². The fourth-order valence-corrected chi connectivity index (χ4v) is 2.29. The van der Waals surface area contributed by atoms with Gasteiger partial charge < -0.3 is 0 Å². The predicted molar refractivity (Wildman–Crippen MR) is 62.3 cm³/mol. The number of alkyl halides is 1. The molecule has 0 aromatic carbocycles. The van der Waals surface area contributed by atoms with Crippen LogP contribution in [0.3, 0.4) is 0 Å². The molecule has 4 heteroatoms. The van der Waals surface area contributed by atoms with Gasteiger partial charge in [-0.1, -0.05) is 20.8 Å². The van der Waals surface area contributed by atoms with E-state index in [2.05, 4.69) is 30.1 Å². The number of hydrogen-bond donors (Lipinski definition) is 0. The topological polar surface area (TPSA) is 25.8 Å². The van der Waals surface area contributed by atoms with Gasteiger partial charge in [-0.05, 0) is 24.4 Å². The Hall–Kier alpha value is -0.150. The second-order valence-corrected chi connectivity index (χ2v) is 4.86. The maximum atomic E-state index is 6.18. The lowest BCUT2D eigenvalue weighted by atomic mass is 10.1. The van der Waals surface area contributed by atoms with Crippen molar-refractivity contribution in [3.05, 3.63) is 10.8 Å². The summed E-state index contributed by atoms with van der Waals surface area (Å²) in [5, 5.41) is 1.26. The van der Waals surface area contributed by atoms with Gasteiger partial charge in [0.15, 0.2) is 0 Å². The molecule has 0 radical (unpaired) electrons. The standard InChI is InChI=1S/C10H17ClN2S/c1-4-6-9-12-10(14-13-9)7(3)8(11)5-2/h7-8H,4-6H2,1-3H3. The van der Waals surface area contributed by atoms with Crippen LogP contribution in [0.15, 0.2) is 0 Å². The molecule has 0 saturated heterocycles. The van der Waals surface area contributed by atoms with Crippen LogP contribution < -0.4 is 0 Å². The Bertz CT molecular complexity index is 275. The van der Waals surface area contributed by atoms with Crippen LogP contribution in [0, 0.1) is 0 Å². The number of aryl methyl sites for hydroxylation is 1. The van der Waals surface area contributed by atoms with Gasteiger partial charge in [0, 0.05) is 17.7 Å². The van der Waals surface area contributed by atoms with Crippen molar-refractivity contribution in [2.75, 3.05) is 0 Å². The van der Waals surface area contributed by atoms with Crippen molar-refractivity contribution in [2.45, 2.75) is 51.3 Å². The third-order valence-electron chi connectivity index (χ3n) is 2.28. The van der Waals surface area contributed by atoms with Crippen molar-refractivity contribution in [2.24, 2.45) is 0 Å². The summed E-state index contributed by atoms with van der Waals surface area (Å²) in [4.78, 5) is 4.49. The Kier molecular flexibility index (Phi) is 4.82. The molecular formula is C10H17ClN2S. The maximum Gasteiger partial charge on any atom is 0.142 e. The Morgan fingerprint density at radius 3 is 2.71 bits per heavy atom. The lowest BCUT2D eigenvalue weighted by Gasteiger charge is -2.12. The molecule has 1 aromatic rings. The molecule has 0 fully saturated rings. The fraction of sp³-hybridized carbons (Fsp3) is 0.800. The van der Waals surface area contributed by atoms with E-state index in [1.54, 1.807) is 0 Å². The van der Waals surface area contributed by atoms with E-state index in [0.717, 1.165) is 30.1 Å². The van der Waals surface area contributed by atoms with E-state index < -0.39 is 0 Å². The van der Waals surface area contributed by atoms with Crippen molar-refractivity contribution < 1.29 is 0 Å². The molecule has 2 nitrogen and oxygen atoms in total. The molecule has 0 N–H and O–H groups in total. The minimum atomic E-state index is 0.178. The summed E-state index contributed by atoms with van der Waals surface area (Å²) >= 11 is 7.67. The highest BCUT2D eigenvalue weighted by Gasteiger charge is 2.18. The fourth-order valence-electron chi connectivity index (χ4n) is 1.29. The molecule has 0 spiro atoms. The van der Waals surface area contributed by atoms with Crippen LogP contribution in [0.1, 0.15) is 50.4 Å². The molecule has 1 aromatic heterocycles. The smallest absolute Gasteiger partial charge is 0.142 e. The van der Waals surface area contributed by atoms with Gasteiger partial charge in [-0.2, -0.15) is 4.37 Å². The summed E-state index contributed by atoms with van der Waals surface area (Å²) in [6.07, 6.45) is 3.05. The average molecular weight is 233 g/mol. The van der Waals surface area contributed by atoms with Crippen molar-refractivity contribution >= 4 is 23.1 Å². The number of rotatable bonds is 5. The number of hydrogen-bond acceptors (Lipinski definition) is 3. The van der Waals surface area contributed by atoms with Gasteiger partial charge in [0.1, 0.15) is 10.8 Å². The maximum absolute atomic E-state index is 6.18. The molecule has 1 rings (SSSR count). The first-order valence-electron chi connectivity index (χ1n) is 5.15. The summed E-state index contributed by atoms with van der Waals surface area (Å²) in [5.41, 5.74) is 0. The van der Waals surface area contributed by atoms with Gasteiger partial charge in [-0.3, -0.25) is 0 Å². The summed E-state index contributed by atoms with van der Waals surface area (Å²) in [7, 11) is 0. The Morgan fingerprint density at radius 2 is 2.14 bits per heavy atom. The zero-order chi connectivity index (χ0) is 10.6. The van der Waals surface area contributed by atoms with E-state index in [1.165, 1.54) is 11.5 Å². The second kappa shape index (κ2) is 5.66. The molecular weight excluding hydrogens is 216 g/mol. The van der Waals surface area contributed by atoms with Crippen molar-refractivity contribution in [3.8, 4) is 0 Å². The molecule has 2 unspecified atom stereocenters. The summed E-state index contributed by atoms with van der Waals surface area (Å²) < 4.78 is 4.32. The average Bonchev–Trinajstić information content (AvgIpc) is 2.64. The molecule has 0 aliphatic heterocycles. The largest absolute Gasteiger partial charge is 0.224 e. The van der Waals surface area contributed by atoms with E-state index >= 15 is 0 Å². The summed E-state index contributed by atoms with van der Waals surface area (Å²) in [5.74, 6) is 1.30. The zero-order valence-electron chi connectivity index (χ0n) is 8.96. The Balaban J connectivity index is 2.65. The van der Waals surface area contributed by atoms with Crippen molar-refractivity contribution in [1.29, 1.82) is 0 Å². The lowest BCUT2D eigenvalue weighted by molar-refractivity contribution is 0.666. The first kappa shape index (κ1) is 11.9. The van der Waals surface area contributed by atoms with Crippen molar-refractivity contribution in [3.63, 3.8) is 0 Å². The van der Waals surface area contributed by atoms with Crippen LogP contribution in [0.4, 0.5) is 0 Å². The van der Waals surface area contributed by atoms with Crippen LogP contribution in [-0.4, -0.2) is 14.7 Å². The zero-order valence-corrected chi connectivity index (χ0v) is 10.5. The highest BCUT2D eigenvalue weighted by Crippen LogP contribution is 2.26. The van der Waals surface area contributed by atoms with Gasteiger partial charge in [-0.25, -0.2) is 4.98 Å². The normalized spacial score (nSPS) is 15.4. The van der Waals surface area contributed by atoms with E-state index in [-0.39, 0.29) is 5.38 Å². The first-order valence-corrected chi connectivity index (χ1v) is 6.36. The van der Waals surface area contributed by atoms with Crippen LogP contribution >= 0.6 is 23.1 Å². The second-order valence-electron chi connectivity index (χ2n) is 3.51. The monoisotopic (exact) mass is 232 g/mol. The van der Waals surface area contributed by atoms with Crippen molar-refractivity contribution in [1.82, 2.24) is 9.36 Å². The molecule has 0 aliphatic rings. The van der Waals surface area contributed by atoms with Gasteiger partial charge in [0.2, 0.25) is 0 Å². The van der Waals surface area contributed by atoms with E-state index in [1.807, 2.05) is 0 Å². The number of nitrogens with zero attached hydrogens (tertiary/aromatic N) is 2. The lowest BCUT2D eigenvalue weighted by Crippen LogP contribution is -2.07. The molecule has 0 saturated carbocycles. The molecule has 0 aliphatic carbocycles. The van der Waals surface area contributed by atoms with Gasteiger partial charge in [-0.15, -0.1) is 11.6 Å². The van der Waals surface area contributed by atoms with Crippen LogP contribution in [0.25, 0.3) is 0 Å². The third kappa shape index (κ3) is 2.92. The number of aromatic nitrogens is 2. The highest BCUT2D eigenvalue weighted by atomic mass is 35.5. The number of halogens is 1. The van der Waals surface area contributed by atoms with Gasteiger partial charge >= 0.3 is 0 Å². The summed E-state index contributed by atoms with van der Waals surface area (Å²) in [6.45, 7) is 6.36. The summed E-state index contributed by atoms with van der Waals surface area (Å²) in [6, 6.07) is 0. The molecule has 14 heavy (non-hydrogen) atoms. The van der Waals surface area contributed by atoms with Crippen LogP contribution in [-0.2, 0) is 6.42 Å². The Labute approximate surface area is 94.9 Å². The van der Waals surface area contributed by atoms with E-state index in [4.69, 9.17) is 11.6 Å². The molecule has 0 amide bonds. The van der Waals surface area contributed by atoms with E-state index in [9.17, 15) is 0 Å². The quantitative estimate of drug-likeness (QED) is 0.725. The molecule has 2 atom stereocenters. The Morgan fingerprint density at radius 1 is 1.43 bits per heavy atom. The predicted octanol–water partition coefficient (Wildman–Crippen LogP) is 3.61.